The van der Waals surface area contributed by atoms with Crippen molar-refractivity contribution in [1.82, 2.24) is 0 Å². The van der Waals surface area contributed by atoms with Crippen molar-refractivity contribution in [3.8, 4) is 0 Å². The lowest BCUT2D eigenvalue weighted by atomic mass is 10.9. The zero-order valence-electron chi connectivity index (χ0n) is 11.5. The van der Waals surface area contributed by atoms with Crippen LogP contribution in [-0.4, -0.2) is 29.4 Å². The molecule has 0 aromatic rings. The highest BCUT2D eigenvalue weighted by Crippen LogP contribution is 2.44. The molecule has 98 valence electrons. The van der Waals surface area contributed by atoms with Crippen molar-refractivity contribution in [2.24, 2.45) is 0 Å². The van der Waals surface area contributed by atoms with Gasteiger partial charge >= 0.3 is 0 Å². The molecule has 0 aliphatic carbocycles. The van der Waals surface area contributed by atoms with Crippen LogP contribution < -0.4 is 0 Å². The van der Waals surface area contributed by atoms with E-state index in [1.165, 1.54) is 0 Å². The monoisotopic (exact) mass is 300 g/mol. The van der Waals surface area contributed by atoms with Gasteiger partial charge in [0.25, 0.3) is 7.73 Å². The van der Waals surface area contributed by atoms with Crippen molar-refractivity contribution in [3.63, 3.8) is 0 Å². The van der Waals surface area contributed by atoms with Crippen LogP contribution in [0.4, 0.5) is 0 Å². The predicted octanol–water partition coefficient (Wildman–Crippen LogP) is 5.16. The van der Waals surface area contributed by atoms with Crippen molar-refractivity contribution < 1.29 is 9.05 Å². The zero-order chi connectivity index (χ0) is 12.8. The standard InChI is InChI=1S/C10H26ClO2PSi2/c1-15(2,3)9-7-12-14(11)13-8-10-16(4,5)6/h7-10H2,1-6H3. The van der Waals surface area contributed by atoms with Crippen LogP contribution in [0.2, 0.25) is 51.4 Å². The highest BCUT2D eigenvalue weighted by molar-refractivity contribution is 7.76. The Kier molecular flexibility index (Phi) is 8.00. The van der Waals surface area contributed by atoms with E-state index in [0.29, 0.717) is 0 Å². The molecular weight excluding hydrogens is 275 g/mol. The van der Waals surface area contributed by atoms with Gasteiger partial charge in [-0.1, -0.05) is 39.3 Å². The van der Waals surface area contributed by atoms with Gasteiger partial charge in [-0.25, -0.2) is 0 Å². The molecule has 0 bridgehead atoms. The SMILES string of the molecule is C[Si](C)(C)CCOP(Cl)OCC[Si](C)(C)C. The van der Waals surface area contributed by atoms with Crippen LogP contribution in [0.3, 0.4) is 0 Å². The number of halogens is 1. The molecule has 0 N–H and O–H groups in total. The van der Waals surface area contributed by atoms with E-state index in [1.54, 1.807) is 0 Å². The zero-order valence-corrected chi connectivity index (χ0v) is 15.1. The molecule has 0 fully saturated rings. The number of hydrogen-bond donors (Lipinski definition) is 0. The molecule has 0 saturated carbocycles. The Labute approximate surface area is 109 Å². The molecule has 0 amide bonds. The van der Waals surface area contributed by atoms with Crippen LogP contribution in [0, 0.1) is 0 Å². The third-order valence-electron chi connectivity index (χ3n) is 2.09. The van der Waals surface area contributed by atoms with Crippen molar-refractivity contribution >= 4 is 35.1 Å². The minimum atomic E-state index is -1.17. The Morgan fingerprint density at radius 1 is 0.812 bits per heavy atom. The summed E-state index contributed by atoms with van der Waals surface area (Å²) in [6.07, 6.45) is 0. The molecule has 0 heterocycles. The summed E-state index contributed by atoms with van der Waals surface area (Å²) in [4.78, 5) is 0. The first-order valence-electron chi connectivity index (χ1n) is 5.82. The summed E-state index contributed by atoms with van der Waals surface area (Å²) in [6.45, 7) is 15.5. The molecule has 2 nitrogen and oxygen atoms in total. The van der Waals surface area contributed by atoms with E-state index < -0.39 is 23.9 Å². The summed E-state index contributed by atoms with van der Waals surface area (Å²) < 4.78 is 11.0. The lowest BCUT2D eigenvalue weighted by Gasteiger charge is -2.18. The smallest absolute Gasteiger partial charge is 0.276 e. The van der Waals surface area contributed by atoms with Crippen LogP contribution in [0.5, 0.6) is 0 Å². The quantitative estimate of drug-likeness (QED) is 0.455. The van der Waals surface area contributed by atoms with Crippen LogP contribution >= 0.6 is 19.0 Å². The van der Waals surface area contributed by atoms with E-state index >= 15 is 0 Å². The highest BCUT2D eigenvalue weighted by atomic mass is 35.7. The molecule has 0 aliphatic rings. The highest BCUT2D eigenvalue weighted by Gasteiger charge is 2.16. The first-order valence-corrected chi connectivity index (χ1v) is 15.3. The van der Waals surface area contributed by atoms with Crippen molar-refractivity contribution in [1.29, 1.82) is 0 Å². The van der Waals surface area contributed by atoms with E-state index in [4.69, 9.17) is 20.3 Å². The van der Waals surface area contributed by atoms with E-state index in [-0.39, 0.29) is 0 Å². The number of rotatable bonds is 8. The lowest BCUT2D eigenvalue weighted by Crippen LogP contribution is -2.21. The van der Waals surface area contributed by atoms with Gasteiger partial charge in [0.2, 0.25) is 0 Å². The van der Waals surface area contributed by atoms with Crippen LogP contribution in [0.1, 0.15) is 0 Å². The van der Waals surface area contributed by atoms with Gasteiger partial charge in [-0.05, 0) is 23.3 Å². The topological polar surface area (TPSA) is 18.5 Å². The van der Waals surface area contributed by atoms with Crippen LogP contribution in [0.15, 0.2) is 0 Å². The maximum absolute atomic E-state index is 5.99. The van der Waals surface area contributed by atoms with Gasteiger partial charge in [-0.3, -0.25) is 0 Å². The van der Waals surface area contributed by atoms with Crippen LogP contribution in [0.25, 0.3) is 0 Å². The predicted molar refractivity (Wildman–Crippen MR) is 81.0 cm³/mol. The fourth-order valence-corrected chi connectivity index (χ4v) is 3.62. The van der Waals surface area contributed by atoms with Gasteiger partial charge in [-0.15, -0.1) is 0 Å². The molecular formula is C10H26ClO2PSi2. The normalized spacial score (nSPS) is 13.5. The molecule has 0 aromatic carbocycles. The molecule has 0 aromatic heterocycles. The van der Waals surface area contributed by atoms with Crippen molar-refractivity contribution in [2.75, 3.05) is 13.2 Å². The summed E-state index contributed by atoms with van der Waals surface area (Å²) in [5, 5.41) is 0. The molecule has 0 aliphatic heterocycles. The van der Waals surface area contributed by atoms with Gasteiger partial charge in [0, 0.05) is 16.1 Å². The minimum Gasteiger partial charge on any atom is -0.322 e. The third-order valence-corrected chi connectivity index (χ3v) is 6.85. The molecule has 6 heteroatoms. The first kappa shape index (κ1) is 17.1. The van der Waals surface area contributed by atoms with E-state index in [9.17, 15) is 0 Å². The molecule has 0 rings (SSSR count). The maximum Gasteiger partial charge on any atom is 0.276 e. The Balaban J connectivity index is 3.49. The Morgan fingerprint density at radius 3 is 1.38 bits per heavy atom. The second kappa shape index (κ2) is 7.50. The van der Waals surface area contributed by atoms with Gasteiger partial charge in [0.1, 0.15) is 0 Å². The second-order valence-corrected chi connectivity index (χ2v) is 19.5. The summed E-state index contributed by atoms with van der Waals surface area (Å²) in [5.41, 5.74) is 0. The fraction of sp³-hybridized carbons (Fsp3) is 1.00. The third kappa shape index (κ3) is 13.1. The molecule has 16 heavy (non-hydrogen) atoms. The largest absolute Gasteiger partial charge is 0.322 e. The van der Waals surface area contributed by atoms with Crippen LogP contribution in [-0.2, 0) is 9.05 Å². The fourth-order valence-electron chi connectivity index (χ4n) is 0.884. The summed E-state index contributed by atoms with van der Waals surface area (Å²) in [6, 6.07) is 2.30. The summed E-state index contributed by atoms with van der Waals surface area (Å²) in [7, 11) is -3.18. The van der Waals surface area contributed by atoms with Crippen molar-refractivity contribution in [2.45, 2.75) is 51.4 Å². The average molecular weight is 301 g/mol. The summed E-state index contributed by atoms with van der Waals surface area (Å²) in [5.74, 6) is 0. The molecule has 0 unspecified atom stereocenters. The molecule has 0 spiro atoms. The minimum absolute atomic E-state index is 0.748. The Hall–Kier alpha value is 1.07. The molecule has 0 saturated heterocycles. The van der Waals surface area contributed by atoms with E-state index in [0.717, 1.165) is 25.3 Å². The van der Waals surface area contributed by atoms with E-state index in [2.05, 4.69) is 39.3 Å². The number of hydrogen-bond acceptors (Lipinski definition) is 2. The van der Waals surface area contributed by atoms with E-state index in [1.807, 2.05) is 0 Å². The Bertz CT molecular complexity index is 172. The lowest BCUT2D eigenvalue weighted by molar-refractivity contribution is 0.280. The van der Waals surface area contributed by atoms with Gasteiger partial charge in [-0.2, -0.15) is 0 Å². The maximum atomic E-state index is 5.99. The second-order valence-electron chi connectivity index (χ2n) is 6.50. The van der Waals surface area contributed by atoms with Gasteiger partial charge in [0.05, 0.1) is 13.2 Å². The molecule has 0 atom stereocenters. The molecule has 0 radical (unpaired) electrons. The first-order chi connectivity index (χ1) is 7.10. The Morgan fingerprint density at radius 2 is 1.12 bits per heavy atom. The average Bonchev–Trinajstić information content (AvgIpc) is 1.98. The van der Waals surface area contributed by atoms with Gasteiger partial charge in [0.15, 0.2) is 0 Å². The van der Waals surface area contributed by atoms with Gasteiger partial charge < -0.3 is 9.05 Å². The summed E-state index contributed by atoms with van der Waals surface area (Å²) >= 11 is 5.99. The van der Waals surface area contributed by atoms with Crippen molar-refractivity contribution in [3.05, 3.63) is 0 Å².